The van der Waals surface area contributed by atoms with Gasteiger partial charge in [0.15, 0.2) is 0 Å². The van der Waals surface area contributed by atoms with E-state index in [4.69, 9.17) is 11.6 Å². The summed E-state index contributed by atoms with van der Waals surface area (Å²) >= 11 is 7.50. The van der Waals surface area contributed by atoms with Crippen LogP contribution >= 0.6 is 22.9 Å². The first-order valence-electron chi connectivity index (χ1n) is 3.82. The Balaban J connectivity index is 2.24. The van der Waals surface area contributed by atoms with Crippen LogP contribution in [0.4, 0.5) is 0 Å². The molecule has 0 bridgehead atoms. The molecule has 0 N–H and O–H groups in total. The Morgan fingerprint density at radius 3 is 2.92 bits per heavy atom. The van der Waals surface area contributed by atoms with Crippen molar-refractivity contribution in [1.82, 2.24) is 14.8 Å². The van der Waals surface area contributed by atoms with Crippen molar-refractivity contribution in [3.05, 3.63) is 33.5 Å². The van der Waals surface area contributed by atoms with E-state index < -0.39 is 0 Å². The van der Waals surface area contributed by atoms with Gasteiger partial charge in [-0.1, -0.05) is 0 Å². The fraction of sp³-hybridized carbons (Fsp3) is 0.250. The zero-order valence-corrected chi connectivity index (χ0v) is 8.64. The van der Waals surface area contributed by atoms with Gasteiger partial charge in [-0.25, -0.2) is 0 Å². The minimum atomic E-state index is 0.436. The lowest BCUT2D eigenvalue weighted by Crippen LogP contribution is -1.98. The van der Waals surface area contributed by atoms with Crippen molar-refractivity contribution in [1.29, 1.82) is 0 Å². The quantitative estimate of drug-likeness (QED) is 0.767. The molecule has 0 saturated heterocycles. The standard InChI is InChI=1S/C8H8ClN3S/c1-6-3-13-4-7(6)2-12-5-10-11-8(12)9/h3-5H,2H2,1H3. The molecule has 68 valence electrons. The highest BCUT2D eigenvalue weighted by Crippen LogP contribution is 2.16. The summed E-state index contributed by atoms with van der Waals surface area (Å²) in [5.74, 6) is 0. The van der Waals surface area contributed by atoms with Crippen LogP contribution < -0.4 is 0 Å². The normalized spacial score (nSPS) is 10.6. The molecule has 0 unspecified atom stereocenters. The van der Waals surface area contributed by atoms with Crippen LogP contribution in [0.5, 0.6) is 0 Å². The third-order valence-corrected chi connectivity index (χ3v) is 3.07. The fourth-order valence-electron chi connectivity index (χ4n) is 1.08. The van der Waals surface area contributed by atoms with Crippen molar-refractivity contribution in [3.63, 3.8) is 0 Å². The van der Waals surface area contributed by atoms with Crippen LogP contribution in [0.25, 0.3) is 0 Å². The maximum Gasteiger partial charge on any atom is 0.225 e. The summed E-state index contributed by atoms with van der Waals surface area (Å²) in [6.07, 6.45) is 1.64. The van der Waals surface area contributed by atoms with Gasteiger partial charge in [0.05, 0.1) is 6.54 Å². The summed E-state index contributed by atoms with van der Waals surface area (Å²) in [6.45, 7) is 2.84. The van der Waals surface area contributed by atoms with Crippen molar-refractivity contribution in [2.45, 2.75) is 13.5 Å². The van der Waals surface area contributed by atoms with Crippen molar-refractivity contribution in [2.24, 2.45) is 0 Å². The van der Waals surface area contributed by atoms with Crippen molar-refractivity contribution >= 4 is 22.9 Å². The predicted octanol–water partition coefficient (Wildman–Crippen LogP) is 2.35. The molecule has 13 heavy (non-hydrogen) atoms. The highest BCUT2D eigenvalue weighted by Gasteiger charge is 2.03. The maximum absolute atomic E-state index is 5.80. The second-order valence-corrected chi connectivity index (χ2v) is 3.89. The molecule has 0 aliphatic rings. The summed E-state index contributed by atoms with van der Waals surface area (Å²) in [7, 11) is 0. The monoisotopic (exact) mass is 213 g/mol. The van der Waals surface area contributed by atoms with E-state index in [0.717, 1.165) is 6.54 Å². The third kappa shape index (κ3) is 1.73. The number of rotatable bonds is 2. The summed E-state index contributed by atoms with van der Waals surface area (Å²) < 4.78 is 1.82. The summed E-state index contributed by atoms with van der Waals surface area (Å²) in [6, 6.07) is 0. The molecule has 0 aromatic carbocycles. The second kappa shape index (κ2) is 3.47. The SMILES string of the molecule is Cc1cscc1Cn1cnnc1Cl. The van der Waals surface area contributed by atoms with E-state index in [1.54, 1.807) is 17.7 Å². The smallest absolute Gasteiger partial charge is 0.225 e. The van der Waals surface area contributed by atoms with Crippen LogP contribution in [0.1, 0.15) is 11.1 Å². The van der Waals surface area contributed by atoms with Crippen molar-refractivity contribution in [3.8, 4) is 0 Å². The Morgan fingerprint density at radius 2 is 2.38 bits per heavy atom. The average molecular weight is 214 g/mol. The van der Waals surface area contributed by atoms with E-state index in [1.807, 2.05) is 4.57 Å². The van der Waals surface area contributed by atoms with Gasteiger partial charge in [-0.2, -0.15) is 11.3 Å². The average Bonchev–Trinajstić information content (AvgIpc) is 2.65. The summed E-state index contributed by atoms with van der Waals surface area (Å²) in [4.78, 5) is 0. The number of hydrogen-bond donors (Lipinski definition) is 0. The topological polar surface area (TPSA) is 30.7 Å². The number of thiophene rings is 1. The minimum Gasteiger partial charge on any atom is -0.300 e. The van der Waals surface area contributed by atoms with Gasteiger partial charge in [-0.15, -0.1) is 10.2 Å². The van der Waals surface area contributed by atoms with Gasteiger partial charge in [0.1, 0.15) is 6.33 Å². The molecule has 2 aromatic heterocycles. The van der Waals surface area contributed by atoms with Gasteiger partial charge < -0.3 is 0 Å². The molecule has 3 nitrogen and oxygen atoms in total. The number of aromatic nitrogens is 3. The Morgan fingerprint density at radius 1 is 1.54 bits per heavy atom. The van der Waals surface area contributed by atoms with Gasteiger partial charge in [0.2, 0.25) is 5.28 Å². The zero-order valence-electron chi connectivity index (χ0n) is 7.07. The summed E-state index contributed by atoms with van der Waals surface area (Å²) in [5.41, 5.74) is 2.56. The van der Waals surface area contributed by atoms with E-state index in [-0.39, 0.29) is 0 Å². The van der Waals surface area contributed by atoms with Crippen molar-refractivity contribution in [2.75, 3.05) is 0 Å². The van der Waals surface area contributed by atoms with Crippen LogP contribution in [-0.4, -0.2) is 14.8 Å². The highest BCUT2D eigenvalue weighted by molar-refractivity contribution is 7.08. The molecular weight excluding hydrogens is 206 g/mol. The molecule has 2 heterocycles. The Kier molecular flexibility index (Phi) is 2.33. The van der Waals surface area contributed by atoms with E-state index in [0.29, 0.717) is 5.28 Å². The van der Waals surface area contributed by atoms with Gasteiger partial charge in [0, 0.05) is 0 Å². The van der Waals surface area contributed by atoms with Crippen LogP contribution in [0.2, 0.25) is 5.28 Å². The van der Waals surface area contributed by atoms with Crippen LogP contribution in [0, 0.1) is 6.92 Å². The van der Waals surface area contributed by atoms with Crippen LogP contribution in [-0.2, 0) is 6.54 Å². The molecule has 0 atom stereocenters. The molecule has 0 radical (unpaired) electrons. The van der Waals surface area contributed by atoms with Gasteiger partial charge in [-0.05, 0) is 40.4 Å². The Labute approximate surface area is 85.0 Å². The maximum atomic E-state index is 5.80. The molecular formula is C8H8ClN3S. The molecule has 0 amide bonds. The second-order valence-electron chi connectivity index (χ2n) is 2.81. The first kappa shape index (κ1) is 8.72. The molecule has 2 aromatic rings. The van der Waals surface area contributed by atoms with E-state index in [2.05, 4.69) is 27.9 Å². The number of nitrogens with zero attached hydrogens (tertiary/aromatic N) is 3. The number of halogens is 1. The lowest BCUT2D eigenvalue weighted by Gasteiger charge is -2.00. The lowest BCUT2D eigenvalue weighted by atomic mass is 10.2. The molecule has 2 rings (SSSR count). The third-order valence-electron chi connectivity index (χ3n) is 1.87. The van der Waals surface area contributed by atoms with E-state index in [1.165, 1.54) is 11.1 Å². The minimum absolute atomic E-state index is 0.436. The zero-order chi connectivity index (χ0) is 9.26. The lowest BCUT2D eigenvalue weighted by molar-refractivity contribution is 0.793. The number of aryl methyl sites for hydroxylation is 1. The van der Waals surface area contributed by atoms with Gasteiger partial charge in [-0.3, -0.25) is 4.57 Å². The number of hydrogen-bond acceptors (Lipinski definition) is 3. The van der Waals surface area contributed by atoms with E-state index >= 15 is 0 Å². The highest BCUT2D eigenvalue weighted by atomic mass is 35.5. The Bertz CT molecular complexity index is 369. The predicted molar refractivity (Wildman–Crippen MR) is 53.2 cm³/mol. The molecule has 0 spiro atoms. The van der Waals surface area contributed by atoms with Gasteiger partial charge >= 0.3 is 0 Å². The van der Waals surface area contributed by atoms with Crippen LogP contribution in [0.15, 0.2) is 17.1 Å². The largest absolute Gasteiger partial charge is 0.300 e. The molecule has 0 saturated carbocycles. The Hall–Kier alpha value is -0.870. The van der Waals surface area contributed by atoms with E-state index in [9.17, 15) is 0 Å². The summed E-state index contributed by atoms with van der Waals surface area (Å²) in [5, 5.41) is 12.1. The first-order valence-corrected chi connectivity index (χ1v) is 5.14. The molecule has 0 aliphatic carbocycles. The fourth-order valence-corrected chi connectivity index (χ4v) is 2.07. The first-order chi connectivity index (χ1) is 6.27. The van der Waals surface area contributed by atoms with Crippen molar-refractivity contribution < 1.29 is 0 Å². The van der Waals surface area contributed by atoms with Crippen LogP contribution in [0.3, 0.4) is 0 Å². The molecule has 0 aliphatic heterocycles. The molecule has 5 heteroatoms. The van der Waals surface area contributed by atoms with Gasteiger partial charge in [0.25, 0.3) is 0 Å². The molecule has 0 fully saturated rings.